The molecule has 1 aromatic rings. The van der Waals surface area contributed by atoms with Crippen LogP contribution in [-0.4, -0.2) is 19.7 Å². The quantitative estimate of drug-likeness (QED) is 0.931. The summed E-state index contributed by atoms with van der Waals surface area (Å²) in [4.78, 5) is 0.214. The van der Waals surface area contributed by atoms with E-state index in [9.17, 15) is 8.42 Å². The summed E-state index contributed by atoms with van der Waals surface area (Å²) in [5.41, 5.74) is 6.09. The van der Waals surface area contributed by atoms with Crippen LogP contribution in [0, 0.1) is 11.8 Å². The van der Waals surface area contributed by atoms with Gasteiger partial charge in [-0.2, -0.15) is 0 Å². The molecule has 0 radical (unpaired) electrons. The molecule has 3 atom stereocenters. The van der Waals surface area contributed by atoms with Gasteiger partial charge in [-0.25, -0.2) is 8.42 Å². The zero-order valence-electron chi connectivity index (χ0n) is 11.9. The fraction of sp³-hybridized carbons (Fsp3) is 0.600. The second-order valence-corrected chi connectivity index (χ2v) is 8.54. The third-order valence-electron chi connectivity index (χ3n) is 4.37. The van der Waals surface area contributed by atoms with Gasteiger partial charge in [0.1, 0.15) is 0 Å². The van der Waals surface area contributed by atoms with Gasteiger partial charge in [0.15, 0.2) is 9.84 Å². The highest BCUT2D eigenvalue weighted by atomic mass is 35.5. The molecule has 0 aromatic heterocycles. The molecule has 1 aliphatic carbocycles. The van der Waals surface area contributed by atoms with Gasteiger partial charge in [-0.3, -0.25) is 0 Å². The van der Waals surface area contributed by atoms with E-state index in [1.807, 2.05) is 0 Å². The molecule has 1 fully saturated rings. The summed E-state index contributed by atoms with van der Waals surface area (Å²) in [5, 5.41) is -0.241. The first-order valence-electron chi connectivity index (χ1n) is 7.08. The van der Waals surface area contributed by atoms with Crippen LogP contribution in [0.4, 0.5) is 0 Å². The minimum atomic E-state index is -3.47. The van der Waals surface area contributed by atoms with E-state index in [1.54, 1.807) is 24.3 Å². The second kappa shape index (κ2) is 6.04. The lowest BCUT2D eigenvalue weighted by Crippen LogP contribution is -2.46. The van der Waals surface area contributed by atoms with Crippen LogP contribution in [0.5, 0.6) is 0 Å². The zero-order chi connectivity index (χ0) is 14.9. The van der Waals surface area contributed by atoms with Gasteiger partial charge < -0.3 is 5.73 Å². The summed E-state index contributed by atoms with van der Waals surface area (Å²) in [7, 11) is -3.47. The Bertz CT molecular complexity index is 571. The standard InChI is InChI=1S/C15H22ClNO2S/c1-10(2)11-7-8-13(17)15(9-11)20(18,19)14-6-4-3-5-12(14)16/h3-6,10-11,13,15H,7-9,17H2,1-2H3. The molecule has 112 valence electrons. The van der Waals surface area contributed by atoms with Gasteiger partial charge >= 0.3 is 0 Å². The van der Waals surface area contributed by atoms with Crippen molar-refractivity contribution in [3.05, 3.63) is 29.3 Å². The molecule has 1 aromatic carbocycles. The van der Waals surface area contributed by atoms with Gasteiger partial charge in [0.05, 0.1) is 15.2 Å². The number of halogens is 1. The maximum atomic E-state index is 12.8. The van der Waals surface area contributed by atoms with Crippen LogP contribution in [0.2, 0.25) is 5.02 Å². The van der Waals surface area contributed by atoms with Gasteiger partial charge in [0.25, 0.3) is 0 Å². The lowest BCUT2D eigenvalue weighted by Gasteiger charge is -2.35. The fourth-order valence-corrected chi connectivity index (χ4v) is 5.47. The SMILES string of the molecule is CC(C)C1CCC(N)C(S(=O)(=O)c2ccccc2Cl)C1. The Morgan fingerprint density at radius 1 is 1.25 bits per heavy atom. The Kier molecular flexibility index (Phi) is 4.77. The molecule has 0 spiro atoms. The Hall–Kier alpha value is -0.580. The largest absolute Gasteiger partial charge is 0.327 e. The Balaban J connectivity index is 2.35. The van der Waals surface area contributed by atoms with Gasteiger partial charge in [-0.15, -0.1) is 0 Å². The van der Waals surface area contributed by atoms with Crippen molar-refractivity contribution in [2.75, 3.05) is 0 Å². The van der Waals surface area contributed by atoms with Crippen LogP contribution in [-0.2, 0) is 9.84 Å². The first-order chi connectivity index (χ1) is 9.34. The van der Waals surface area contributed by atoms with Crippen molar-refractivity contribution in [3.63, 3.8) is 0 Å². The number of rotatable bonds is 3. The van der Waals surface area contributed by atoms with E-state index in [4.69, 9.17) is 17.3 Å². The molecule has 5 heteroatoms. The Labute approximate surface area is 126 Å². The van der Waals surface area contributed by atoms with Crippen LogP contribution in [0.25, 0.3) is 0 Å². The fourth-order valence-electron chi connectivity index (χ4n) is 2.98. The lowest BCUT2D eigenvalue weighted by atomic mass is 9.79. The third-order valence-corrected chi connectivity index (χ3v) is 7.12. The first kappa shape index (κ1) is 15.8. The number of sulfone groups is 1. The zero-order valence-corrected chi connectivity index (χ0v) is 13.5. The average molecular weight is 316 g/mol. The monoisotopic (exact) mass is 315 g/mol. The second-order valence-electron chi connectivity index (χ2n) is 5.99. The molecular weight excluding hydrogens is 294 g/mol. The summed E-state index contributed by atoms with van der Waals surface area (Å²) in [5.74, 6) is 0.892. The van der Waals surface area contributed by atoms with Crippen LogP contribution in [0.1, 0.15) is 33.1 Å². The third kappa shape index (κ3) is 3.02. The molecule has 3 unspecified atom stereocenters. The van der Waals surface area contributed by atoms with E-state index in [1.165, 1.54) is 0 Å². The van der Waals surface area contributed by atoms with Gasteiger partial charge in [-0.05, 0) is 43.2 Å². The summed E-state index contributed by atoms with van der Waals surface area (Å²) in [6.45, 7) is 4.28. The molecule has 1 aliphatic rings. The van der Waals surface area contributed by atoms with E-state index in [0.717, 1.165) is 12.8 Å². The van der Waals surface area contributed by atoms with Crippen LogP contribution >= 0.6 is 11.6 Å². The number of hydrogen-bond acceptors (Lipinski definition) is 3. The molecule has 2 rings (SSSR count). The molecule has 0 amide bonds. The molecule has 3 nitrogen and oxygen atoms in total. The molecule has 1 saturated carbocycles. The Morgan fingerprint density at radius 2 is 1.90 bits per heavy atom. The summed E-state index contributed by atoms with van der Waals surface area (Å²) in [6.07, 6.45) is 2.40. The predicted octanol–water partition coefficient (Wildman–Crippen LogP) is 3.27. The highest BCUT2D eigenvalue weighted by Gasteiger charge is 2.39. The maximum Gasteiger partial charge on any atom is 0.184 e. The Morgan fingerprint density at radius 3 is 2.50 bits per heavy atom. The topological polar surface area (TPSA) is 60.2 Å². The minimum Gasteiger partial charge on any atom is -0.327 e. The van der Waals surface area contributed by atoms with E-state index in [0.29, 0.717) is 18.3 Å². The van der Waals surface area contributed by atoms with E-state index < -0.39 is 15.1 Å². The molecule has 0 heterocycles. The van der Waals surface area contributed by atoms with Crippen molar-refractivity contribution in [2.24, 2.45) is 17.6 Å². The molecule has 0 aliphatic heterocycles. The minimum absolute atomic E-state index is 0.214. The van der Waals surface area contributed by atoms with E-state index in [-0.39, 0.29) is 16.0 Å². The highest BCUT2D eigenvalue weighted by molar-refractivity contribution is 7.92. The van der Waals surface area contributed by atoms with Crippen molar-refractivity contribution in [3.8, 4) is 0 Å². The number of hydrogen-bond donors (Lipinski definition) is 1. The van der Waals surface area contributed by atoms with Crippen molar-refractivity contribution >= 4 is 21.4 Å². The van der Waals surface area contributed by atoms with E-state index >= 15 is 0 Å². The predicted molar refractivity (Wildman–Crippen MR) is 82.6 cm³/mol. The van der Waals surface area contributed by atoms with Crippen molar-refractivity contribution < 1.29 is 8.42 Å². The first-order valence-corrected chi connectivity index (χ1v) is 9.00. The van der Waals surface area contributed by atoms with Gasteiger partial charge in [0, 0.05) is 6.04 Å². The van der Waals surface area contributed by atoms with Crippen LogP contribution < -0.4 is 5.73 Å². The smallest absolute Gasteiger partial charge is 0.184 e. The van der Waals surface area contributed by atoms with Crippen molar-refractivity contribution in [2.45, 2.75) is 49.3 Å². The normalized spacial score (nSPS) is 27.8. The van der Waals surface area contributed by atoms with E-state index in [2.05, 4.69) is 13.8 Å². The lowest BCUT2D eigenvalue weighted by molar-refractivity contribution is 0.261. The summed E-state index contributed by atoms with van der Waals surface area (Å²) < 4.78 is 25.6. The van der Waals surface area contributed by atoms with Crippen molar-refractivity contribution in [1.82, 2.24) is 0 Å². The number of benzene rings is 1. The highest BCUT2D eigenvalue weighted by Crippen LogP contribution is 2.36. The average Bonchev–Trinajstić information content (AvgIpc) is 2.39. The molecule has 0 saturated heterocycles. The molecular formula is C15H22ClNO2S. The van der Waals surface area contributed by atoms with Crippen LogP contribution in [0.15, 0.2) is 29.2 Å². The van der Waals surface area contributed by atoms with Gasteiger partial charge in [-0.1, -0.05) is 37.6 Å². The summed E-state index contributed by atoms with van der Waals surface area (Å²) in [6, 6.07) is 6.32. The molecule has 0 bridgehead atoms. The molecule has 2 N–H and O–H groups in total. The van der Waals surface area contributed by atoms with Crippen LogP contribution in [0.3, 0.4) is 0 Å². The number of nitrogens with two attached hydrogens (primary N) is 1. The summed E-state index contributed by atoms with van der Waals surface area (Å²) >= 11 is 6.05. The molecule has 20 heavy (non-hydrogen) atoms. The van der Waals surface area contributed by atoms with Crippen molar-refractivity contribution in [1.29, 1.82) is 0 Å². The van der Waals surface area contributed by atoms with Gasteiger partial charge in [0.2, 0.25) is 0 Å². The maximum absolute atomic E-state index is 12.8.